The summed E-state index contributed by atoms with van der Waals surface area (Å²) in [5.74, 6) is -0.752. The van der Waals surface area contributed by atoms with Gasteiger partial charge in [-0.2, -0.15) is 5.01 Å². The highest BCUT2D eigenvalue weighted by atomic mass is 35.5. The third-order valence-corrected chi connectivity index (χ3v) is 4.64. The van der Waals surface area contributed by atoms with Gasteiger partial charge in [0.25, 0.3) is 11.8 Å². The van der Waals surface area contributed by atoms with E-state index in [1.165, 1.54) is 11.3 Å². The van der Waals surface area contributed by atoms with Crippen molar-refractivity contribution in [1.82, 2.24) is 9.99 Å². The van der Waals surface area contributed by atoms with Crippen LogP contribution in [0.3, 0.4) is 0 Å². The van der Waals surface area contributed by atoms with E-state index in [1.54, 1.807) is 36.4 Å². The molecule has 7 heteroatoms. The number of rotatable bonds is 3. The molecular formula is C17H10ClN3O2S. The molecule has 5 nitrogen and oxygen atoms in total. The van der Waals surface area contributed by atoms with E-state index >= 15 is 0 Å². The maximum Gasteiger partial charge on any atom is 0.280 e. The number of anilines is 1. The van der Waals surface area contributed by atoms with E-state index in [9.17, 15) is 9.59 Å². The standard InChI is InChI=1S/C17H10ClN3O2S/c18-11-7-5-10(6-8-11)14-9-24-17(19-14)20-21-15(22)12-3-1-2-4-13(12)16(21)23/h1-9H,(H,19,20). The summed E-state index contributed by atoms with van der Waals surface area (Å²) < 4.78 is 0. The molecule has 1 aliphatic rings. The Morgan fingerprint density at radius 1 is 0.958 bits per heavy atom. The molecule has 0 unspecified atom stereocenters. The lowest BCUT2D eigenvalue weighted by Gasteiger charge is -2.13. The van der Waals surface area contributed by atoms with Crippen molar-refractivity contribution < 1.29 is 9.59 Å². The molecule has 1 N–H and O–H groups in total. The SMILES string of the molecule is O=C1c2ccccc2C(=O)N1Nc1nc(-c2ccc(Cl)cc2)cs1. The van der Waals surface area contributed by atoms with Gasteiger partial charge in [-0.1, -0.05) is 35.9 Å². The number of imide groups is 1. The summed E-state index contributed by atoms with van der Waals surface area (Å²) in [7, 11) is 0. The minimum atomic E-state index is -0.376. The maximum atomic E-state index is 12.3. The van der Waals surface area contributed by atoms with Crippen LogP contribution < -0.4 is 5.43 Å². The van der Waals surface area contributed by atoms with Crippen LogP contribution in [0.4, 0.5) is 5.13 Å². The molecule has 0 spiro atoms. The van der Waals surface area contributed by atoms with Crippen LogP contribution in [0.15, 0.2) is 53.9 Å². The Hall–Kier alpha value is -2.70. The van der Waals surface area contributed by atoms with Crippen LogP contribution in [0.25, 0.3) is 11.3 Å². The van der Waals surface area contributed by atoms with Crippen LogP contribution in [-0.4, -0.2) is 21.8 Å². The van der Waals surface area contributed by atoms with Crippen LogP contribution in [-0.2, 0) is 0 Å². The van der Waals surface area contributed by atoms with Crippen molar-refractivity contribution in [1.29, 1.82) is 0 Å². The molecule has 118 valence electrons. The second kappa shape index (κ2) is 5.74. The number of nitrogens with one attached hydrogen (secondary N) is 1. The van der Waals surface area contributed by atoms with Crippen molar-refractivity contribution in [2.45, 2.75) is 0 Å². The minimum Gasteiger partial charge on any atom is -0.267 e. The van der Waals surface area contributed by atoms with Gasteiger partial charge in [-0.3, -0.25) is 15.0 Å². The third-order valence-electron chi connectivity index (χ3n) is 3.65. The highest BCUT2D eigenvalue weighted by Gasteiger charge is 2.36. The molecule has 1 aliphatic heterocycles. The van der Waals surface area contributed by atoms with Crippen LogP contribution >= 0.6 is 22.9 Å². The molecule has 0 saturated heterocycles. The highest BCUT2D eigenvalue weighted by molar-refractivity contribution is 7.14. The number of hydrazine groups is 1. The first-order valence-electron chi connectivity index (χ1n) is 7.09. The lowest BCUT2D eigenvalue weighted by molar-refractivity contribution is 0.0691. The van der Waals surface area contributed by atoms with Crippen molar-refractivity contribution in [3.63, 3.8) is 0 Å². The summed E-state index contributed by atoms with van der Waals surface area (Å²) in [4.78, 5) is 29.1. The fourth-order valence-electron chi connectivity index (χ4n) is 2.46. The van der Waals surface area contributed by atoms with E-state index in [0.717, 1.165) is 16.3 Å². The highest BCUT2D eigenvalue weighted by Crippen LogP contribution is 2.28. The zero-order chi connectivity index (χ0) is 16.7. The molecular weight excluding hydrogens is 346 g/mol. The quantitative estimate of drug-likeness (QED) is 0.719. The predicted octanol–water partition coefficient (Wildman–Crippen LogP) is 4.09. The van der Waals surface area contributed by atoms with Crippen molar-refractivity contribution >= 4 is 39.9 Å². The Bertz CT molecular complexity index is 917. The molecule has 0 atom stereocenters. The number of amides is 2. The topological polar surface area (TPSA) is 62.3 Å². The number of benzene rings is 2. The Morgan fingerprint density at radius 3 is 2.21 bits per heavy atom. The van der Waals surface area contributed by atoms with E-state index in [2.05, 4.69) is 10.4 Å². The van der Waals surface area contributed by atoms with Crippen LogP contribution in [0.5, 0.6) is 0 Å². The van der Waals surface area contributed by atoms with E-state index in [1.807, 2.05) is 17.5 Å². The number of fused-ring (bicyclic) bond motifs is 1. The number of hydrogen-bond donors (Lipinski definition) is 1. The molecule has 2 aromatic carbocycles. The molecule has 0 saturated carbocycles. The number of carbonyl (C=O) groups is 2. The lowest BCUT2D eigenvalue weighted by atomic mass is 10.1. The largest absolute Gasteiger partial charge is 0.280 e. The van der Waals surface area contributed by atoms with E-state index < -0.39 is 0 Å². The van der Waals surface area contributed by atoms with Gasteiger partial charge in [0, 0.05) is 16.0 Å². The van der Waals surface area contributed by atoms with Gasteiger partial charge in [-0.25, -0.2) is 4.98 Å². The first kappa shape index (κ1) is 14.9. The molecule has 24 heavy (non-hydrogen) atoms. The Balaban J connectivity index is 1.58. The zero-order valence-corrected chi connectivity index (χ0v) is 13.8. The van der Waals surface area contributed by atoms with Gasteiger partial charge < -0.3 is 0 Å². The average molecular weight is 356 g/mol. The predicted molar refractivity (Wildman–Crippen MR) is 93.1 cm³/mol. The second-order valence-electron chi connectivity index (χ2n) is 5.15. The number of thiazole rings is 1. The number of carbonyl (C=O) groups excluding carboxylic acids is 2. The normalized spacial score (nSPS) is 13.3. The summed E-state index contributed by atoms with van der Waals surface area (Å²) in [5.41, 5.74) is 5.25. The Kier molecular flexibility index (Phi) is 3.55. The van der Waals surface area contributed by atoms with Gasteiger partial charge in [0.15, 0.2) is 0 Å². The summed E-state index contributed by atoms with van der Waals surface area (Å²) in [6, 6.07) is 14.0. The van der Waals surface area contributed by atoms with Crippen LogP contribution in [0.2, 0.25) is 5.02 Å². The monoisotopic (exact) mass is 355 g/mol. The minimum absolute atomic E-state index is 0.376. The number of aromatic nitrogens is 1. The van der Waals surface area contributed by atoms with Gasteiger partial charge in [0.2, 0.25) is 5.13 Å². The summed E-state index contributed by atoms with van der Waals surface area (Å²) in [5, 5.41) is 3.96. The molecule has 0 radical (unpaired) electrons. The molecule has 0 aliphatic carbocycles. The second-order valence-corrected chi connectivity index (χ2v) is 6.44. The smallest absolute Gasteiger partial charge is 0.267 e. The molecule has 0 fully saturated rings. The molecule has 0 bridgehead atoms. The Labute approximate surface area is 146 Å². The number of hydrogen-bond acceptors (Lipinski definition) is 5. The molecule has 4 rings (SSSR count). The molecule has 2 heterocycles. The first-order valence-corrected chi connectivity index (χ1v) is 8.35. The zero-order valence-electron chi connectivity index (χ0n) is 12.2. The van der Waals surface area contributed by atoms with Crippen molar-refractivity contribution in [3.8, 4) is 11.3 Å². The molecule has 3 aromatic rings. The fraction of sp³-hybridized carbons (Fsp3) is 0. The van der Waals surface area contributed by atoms with E-state index in [0.29, 0.717) is 21.3 Å². The van der Waals surface area contributed by atoms with Crippen molar-refractivity contribution in [3.05, 3.63) is 70.1 Å². The number of nitrogens with zero attached hydrogens (tertiary/aromatic N) is 2. The summed E-state index contributed by atoms with van der Waals surface area (Å²) in [6.07, 6.45) is 0. The first-order chi connectivity index (χ1) is 11.6. The number of halogens is 1. The summed E-state index contributed by atoms with van der Waals surface area (Å²) >= 11 is 7.20. The van der Waals surface area contributed by atoms with E-state index in [4.69, 9.17) is 11.6 Å². The van der Waals surface area contributed by atoms with Gasteiger partial charge >= 0.3 is 0 Å². The van der Waals surface area contributed by atoms with Gasteiger partial charge in [0.05, 0.1) is 16.8 Å². The third kappa shape index (κ3) is 2.46. The average Bonchev–Trinajstić information content (AvgIpc) is 3.16. The molecule has 2 amide bonds. The maximum absolute atomic E-state index is 12.3. The Morgan fingerprint density at radius 2 is 1.58 bits per heavy atom. The van der Waals surface area contributed by atoms with Gasteiger partial charge in [0.1, 0.15) is 0 Å². The van der Waals surface area contributed by atoms with Crippen molar-refractivity contribution in [2.24, 2.45) is 0 Å². The van der Waals surface area contributed by atoms with Gasteiger partial charge in [-0.15, -0.1) is 11.3 Å². The lowest BCUT2D eigenvalue weighted by Crippen LogP contribution is -2.35. The summed E-state index contributed by atoms with van der Waals surface area (Å²) in [6.45, 7) is 0. The van der Waals surface area contributed by atoms with Gasteiger partial charge in [-0.05, 0) is 24.3 Å². The van der Waals surface area contributed by atoms with Crippen LogP contribution in [0.1, 0.15) is 20.7 Å². The van der Waals surface area contributed by atoms with Crippen molar-refractivity contribution in [2.75, 3.05) is 5.43 Å². The fourth-order valence-corrected chi connectivity index (χ4v) is 3.30. The molecule has 1 aromatic heterocycles. The van der Waals surface area contributed by atoms with Crippen LogP contribution in [0, 0.1) is 0 Å². The van der Waals surface area contributed by atoms with E-state index in [-0.39, 0.29) is 11.8 Å².